The molecule has 1 heterocycles. The van der Waals surface area contributed by atoms with Crippen LogP contribution in [0.1, 0.15) is 27.3 Å². The molecule has 4 nitrogen and oxygen atoms in total. The molecule has 0 aliphatic carbocycles. The third-order valence-corrected chi connectivity index (χ3v) is 4.44. The first kappa shape index (κ1) is 15.3. The minimum atomic E-state index is -0.110. The van der Waals surface area contributed by atoms with Crippen LogP contribution in [0.25, 0.3) is 0 Å². The molecule has 0 saturated carbocycles. The van der Waals surface area contributed by atoms with E-state index in [1.54, 1.807) is 6.07 Å². The summed E-state index contributed by atoms with van der Waals surface area (Å²) in [7, 11) is 1.90. The Morgan fingerprint density at radius 1 is 1.35 bits per heavy atom. The molecule has 0 unspecified atom stereocenters. The van der Waals surface area contributed by atoms with Gasteiger partial charge in [0.2, 0.25) is 0 Å². The molecule has 0 aliphatic heterocycles. The van der Waals surface area contributed by atoms with Gasteiger partial charge in [-0.1, -0.05) is 15.9 Å². The van der Waals surface area contributed by atoms with Gasteiger partial charge in [-0.25, -0.2) is 0 Å². The van der Waals surface area contributed by atoms with Crippen LogP contribution in [0.15, 0.2) is 27.1 Å². The molecule has 0 atom stereocenters. The number of halogens is 2. The Bertz CT molecular complexity index is 665. The number of nitrogens with one attached hydrogen (secondary N) is 1. The van der Waals surface area contributed by atoms with Crippen LogP contribution < -0.4 is 5.32 Å². The lowest BCUT2D eigenvalue weighted by molar-refractivity contribution is 0.0950. The molecule has 1 N–H and O–H groups in total. The summed E-state index contributed by atoms with van der Waals surface area (Å²) in [6, 6.07) is 5.53. The standard InChI is InChI=1S/C14H15Br2N3O/c1-8-12(9(2)19(3)18-8)7-17-14(20)11-6-10(15)4-5-13(11)16/h4-6H,7H2,1-3H3,(H,17,20). The van der Waals surface area contributed by atoms with Crippen LogP contribution >= 0.6 is 31.9 Å². The fraction of sp³-hybridized carbons (Fsp3) is 0.286. The van der Waals surface area contributed by atoms with Crippen LogP contribution in [0.4, 0.5) is 0 Å². The maximum absolute atomic E-state index is 12.2. The highest BCUT2D eigenvalue weighted by Crippen LogP contribution is 2.21. The Kier molecular flexibility index (Phi) is 4.65. The third kappa shape index (κ3) is 3.12. The lowest BCUT2D eigenvalue weighted by atomic mass is 10.1. The maximum Gasteiger partial charge on any atom is 0.252 e. The zero-order valence-corrected chi connectivity index (χ0v) is 14.7. The summed E-state index contributed by atoms with van der Waals surface area (Å²) >= 11 is 6.77. The average molecular weight is 401 g/mol. The van der Waals surface area contributed by atoms with Crippen molar-refractivity contribution >= 4 is 37.8 Å². The molecular formula is C14H15Br2N3O. The molecular weight excluding hydrogens is 386 g/mol. The Morgan fingerprint density at radius 2 is 2.05 bits per heavy atom. The van der Waals surface area contributed by atoms with Crippen molar-refractivity contribution in [1.82, 2.24) is 15.1 Å². The molecule has 0 spiro atoms. The van der Waals surface area contributed by atoms with Crippen molar-refractivity contribution in [2.75, 3.05) is 0 Å². The van der Waals surface area contributed by atoms with Gasteiger partial charge in [0.05, 0.1) is 11.3 Å². The molecule has 0 aliphatic rings. The molecule has 106 valence electrons. The molecule has 2 aromatic rings. The molecule has 0 radical (unpaired) electrons. The lowest BCUT2D eigenvalue weighted by Gasteiger charge is -2.08. The first-order valence-electron chi connectivity index (χ1n) is 6.12. The number of amides is 1. The van der Waals surface area contributed by atoms with E-state index in [0.717, 1.165) is 25.9 Å². The summed E-state index contributed by atoms with van der Waals surface area (Å²) < 4.78 is 3.48. The molecule has 0 bridgehead atoms. The quantitative estimate of drug-likeness (QED) is 0.856. The molecule has 0 saturated heterocycles. The predicted molar refractivity (Wildman–Crippen MR) is 85.7 cm³/mol. The highest BCUT2D eigenvalue weighted by atomic mass is 79.9. The van der Waals surface area contributed by atoms with Gasteiger partial charge >= 0.3 is 0 Å². The van der Waals surface area contributed by atoms with Crippen LogP contribution in [-0.2, 0) is 13.6 Å². The van der Waals surface area contributed by atoms with Gasteiger partial charge in [-0.15, -0.1) is 0 Å². The van der Waals surface area contributed by atoms with E-state index in [1.165, 1.54) is 0 Å². The van der Waals surface area contributed by atoms with Crippen LogP contribution in [0.2, 0.25) is 0 Å². The summed E-state index contributed by atoms with van der Waals surface area (Å²) in [4.78, 5) is 12.2. The monoisotopic (exact) mass is 399 g/mol. The van der Waals surface area contributed by atoms with E-state index in [9.17, 15) is 4.79 Å². The maximum atomic E-state index is 12.2. The van der Waals surface area contributed by atoms with Crippen LogP contribution in [0, 0.1) is 13.8 Å². The van der Waals surface area contributed by atoms with Crippen molar-refractivity contribution in [3.8, 4) is 0 Å². The number of rotatable bonds is 3. The Hall–Kier alpha value is -1.14. The number of hydrogen-bond donors (Lipinski definition) is 1. The Morgan fingerprint density at radius 3 is 2.65 bits per heavy atom. The highest BCUT2D eigenvalue weighted by Gasteiger charge is 2.13. The van der Waals surface area contributed by atoms with Crippen molar-refractivity contribution in [3.63, 3.8) is 0 Å². The SMILES string of the molecule is Cc1nn(C)c(C)c1CNC(=O)c1cc(Br)ccc1Br. The second-order valence-corrected chi connectivity index (χ2v) is 6.35. The van der Waals surface area contributed by atoms with Gasteiger partial charge < -0.3 is 5.32 Å². The molecule has 20 heavy (non-hydrogen) atoms. The fourth-order valence-corrected chi connectivity index (χ4v) is 2.80. The zero-order valence-electron chi connectivity index (χ0n) is 11.5. The smallest absolute Gasteiger partial charge is 0.252 e. The van der Waals surface area contributed by atoms with Crippen LogP contribution in [-0.4, -0.2) is 15.7 Å². The average Bonchev–Trinajstić information content (AvgIpc) is 2.64. The van der Waals surface area contributed by atoms with E-state index >= 15 is 0 Å². The van der Waals surface area contributed by atoms with Crippen molar-refractivity contribution in [2.24, 2.45) is 7.05 Å². The van der Waals surface area contributed by atoms with Gasteiger partial charge in [-0.05, 0) is 48.0 Å². The topological polar surface area (TPSA) is 46.9 Å². The fourth-order valence-electron chi connectivity index (χ4n) is 2.01. The minimum absolute atomic E-state index is 0.110. The van der Waals surface area contributed by atoms with Gasteiger partial charge in [-0.3, -0.25) is 9.48 Å². The van der Waals surface area contributed by atoms with Crippen molar-refractivity contribution in [3.05, 3.63) is 49.7 Å². The first-order valence-corrected chi connectivity index (χ1v) is 7.71. The number of carbonyl (C=O) groups excluding carboxylic acids is 1. The van der Waals surface area contributed by atoms with Crippen LogP contribution in [0.3, 0.4) is 0 Å². The molecule has 0 fully saturated rings. The van der Waals surface area contributed by atoms with Gasteiger partial charge in [0.15, 0.2) is 0 Å². The van der Waals surface area contributed by atoms with E-state index in [0.29, 0.717) is 12.1 Å². The summed E-state index contributed by atoms with van der Waals surface area (Å²) in [6.45, 7) is 4.42. The van der Waals surface area contributed by atoms with E-state index in [4.69, 9.17) is 0 Å². The Labute approximate surface area is 134 Å². The summed E-state index contributed by atoms with van der Waals surface area (Å²) in [5.74, 6) is -0.110. The van der Waals surface area contributed by atoms with E-state index < -0.39 is 0 Å². The second kappa shape index (κ2) is 6.10. The number of aryl methyl sites for hydroxylation is 2. The highest BCUT2D eigenvalue weighted by molar-refractivity contribution is 9.11. The summed E-state index contributed by atoms with van der Waals surface area (Å²) in [6.07, 6.45) is 0. The Balaban J connectivity index is 2.15. The molecule has 6 heteroatoms. The normalized spacial score (nSPS) is 10.7. The van der Waals surface area contributed by atoms with Gasteiger partial charge in [-0.2, -0.15) is 5.10 Å². The van der Waals surface area contributed by atoms with Crippen molar-refractivity contribution < 1.29 is 4.79 Å². The van der Waals surface area contributed by atoms with Crippen molar-refractivity contribution in [2.45, 2.75) is 20.4 Å². The van der Waals surface area contributed by atoms with Gasteiger partial charge in [0, 0.05) is 33.8 Å². The minimum Gasteiger partial charge on any atom is -0.348 e. The first-order chi connectivity index (χ1) is 9.40. The number of nitrogens with zero attached hydrogens (tertiary/aromatic N) is 2. The molecule has 1 aromatic carbocycles. The third-order valence-electron chi connectivity index (χ3n) is 3.26. The number of hydrogen-bond acceptors (Lipinski definition) is 2. The molecule has 1 amide bonds. The summed E-state index contributed by atoms with van der Waals surface area (Å²) in [5, 5.41) is 7.28. The molecule has 1 aromatic heterocycles. The second-order valence-electron chi connectivity index (χ2n) is 4.58. The number of aromatic nitrogens is 2. The largest absolute Gasteiger partial charge is 0.348 e. The van der Waals surface area contributed by atoms with Crippen LogP contribution in [0.5, 0.6) is 0 Å². The lowest BCUT2D eigenvalue weighted by Crippen LogP contribution is -2.23. The summed E-state index contributed by atoms with van der Waals surface area (Å²) in [5.41, 5.74) is 3.68. The van der Waals surface area contributed by atoms with E-state index in [2.05, 4.69) is 42.3 Å². The van der Waals surface area contributed by atoms with E-state index in [-0.39, 0.29) is 5.91 Å². The van der Waals surface area contributed by atoms with Gasteiger partial charge in [0.25, 0.3) is 5.91 Å². The molecule has 2 rings (SSSR count). The number of benzene rings is 1. The van der Waals surface area contributed by atoms with E-state index in [1.807, 2.05) is 37.7 Å². The zero-order chi connectivity index (χ0) is 14.9. The van der Waals surface area contributed by atoms with Crippen molar-refractivity contribution in [1.29, 1.82) is 0 Å². The van der Waals surface area contributed by atoms with Gasteiger partial charge in [0.1, 0.15) is 0 Å². The predicted octanol–water partition coefficient (Wildman–Crippen LogP) is 3.49. The number of carbonyl (C=O) groups is 1.